The molecule has 0 atom stereocenters. The highest BCUT2D eigenvalue weighted by molar-refractivity contribution is 5.96. The van der Waals surface area contributed by atoms with Crippen molar-refractivity contribution in [2.45, 2.75) is 26.7 Å². The zero-order chi connectivity index (χ0) is 21.7. The number of fused-ring (bicyclic) bond motifs is 1. The molecule has 0 unspecified atom stereocenters. The molecule has 1 amide bonds. The lowest BCUT2D eigenvalue weighted by Crippen LogP contribution is -2.27. The molecular weight excluding hydrogens is 386 g/mol. The van der Waals surface area contributed by atoms with Crippen LogP contribution in [0.4, 0.5) is 0 Å². The highest BCUT2D eigenvalue weighted by atomic mass is 16.6. The normalized spacial score (nSPS) is 10.8. The second kappa shape index (κ2) is 9.26. The Morgan fingerprint density at radius 1 is 1.10 bits per heavy atom. The van der Waals surface area contributed by atoms with Gasteiger partial charge in [-0.05, 0) is 42.7 Å². The maximum absolute atomic E-state index is 12.2. The van der Waals surface area contributed by atoms with Crippen molar-refractivity contribution in [3.05, 3.63) is 70.1 Å². The Morgan fingerprint density at radius 3 is 2.60 bits per heavy atom. The van der Waals surface area contributed by atoms with Gasteiger partial charge in [0.1, 0.15) is 22.6 Å². The number of rotatable bonds is 7. The van der Waals surface area contributed by atoms with Gasteiger partial charge < -0.3 is 19.2 Å². The van der Waals surface area contributed by atoms with E-state index in [0.29, 0.717) is 17.7 Å². The summed E-state index contributed by atoms with van der Waals surface area (Å²) in [6.45, 7) is 5.98. The van der Waals surface area contributed by atoms with E-state index in [1.165, 1.54) is 12.1 Å². The van der Waals surface area contributed by atoms with E-state index in [9.17, 15) is 14.4 Å². The second-order valence-corrected chi connectivity index (χ2v) is 6.96. The number of carbonyl (C=O) groups is 2. The third-order valence-corrected chi connectivity index (χ3v) is 4.41. The van der Waals surface area contributed by atoms with E-state index in [1.807, 2.05) is 32.0 Å². The Balaban J connectivity index is 1.71. The van der Waals surface area contributed by atoms with Gasteiger partial charge in [0, 0.05) is 18.0 Å². The molecular formula is C23H23NO6. The van der Waals surface area contributed by atoms with E-state index in [-0.39, 0.29) is 29.4 Å². The molecule has 3 aromatic rings. The molecule has 1 heterocycles. The van der Waals surface area contributed by atoms with Gasteiger partial charge in [0.05, 0.1) is 0 Å². The lowest BCUT2D eigenvalue weighted by atomic mass is 10.0. The predicted molar refractivity (Wildman–Crippen MR) is 112 cm³/mol. The van der Waals surface area contributed by atoms with E-state index in [2.05, 4.69) is 5.32 Å². The van der Waals surface area contributed by atoms with Crippen molar-refractivity contribution < 1.29 is 23.5 Å². The number of carbonyl (C=O) groups excluding carboxylic acids is 2. The first-order chi connectivity index (χ1) is 14.4. The minimum atomic E-state index is -0.759. The van der Waals surface area contributed by atoms with Gasteiger partial charge in [0.15, 0.2) is 6.61 Å². The molecule has 0 fully saturated rings. The van der Waals surface area contributed by atoms with Crippen molar-refractivity contribution in [2.75, 3.05) is 13.2 Å². The molecule has 7 heteroatoms. The zero-order valence-corrected chi connectivity index (χ0v) is 17.1. The summed E-state index contributed by atoms with van der Waals surface area (Å²) in [5.74, 6) is 0.00980. The molecule has 0 aliphatic carbocycles. The summed E-state index contributed by atoms with van der Waals surface area (Å²) in [6, 6.07) is 13.6. The number of esters is 1. The molecule has 1 aromatic heterocycles. The van der Waals surface area contributed by atoms with Gasteiger partial charge in [0.25, 0.3) is 5.91 Å². The van der Waals surface area contributed by atoms with Gasteiger partial charge >= 0.3 is 11.6 Å². The van der Waals surface area contributed by atoms with E-state index in [4.69, 9.17) is 13.9 Å². The van der Waals surface area contributed by atoms with E-state index in [1.54, 1.807) is 25.1 Å². The molecule has 2 aromatic carbocycles. The third-order valence-electron chi connectivity index (χ3n) is 4.41. The maximum atomic E-state index is 12.2. The van der Waals surface area contributed by atoms with Gasteiger partial charge in [-0.3, -0.25) is 4.79 Å². The summed E-state index contributed by atoms with van der Waals surface area (Å²) < 4.78 is 16.1. The second-order valence-electron chi connectivity index (χ2n) is 6.96. The van der Waals surface area contributed by atoms with E-state index >= 15 is 0 Å². The summed E-state index contributed by atoms with van der Waals surface area (Å²) >= 11 is 0. The van der Waals surface area contributed by atoms with Crippen LogP contribution in [-0.4, -0.2) is 25.0 Å². The summed E-state index contributed by atoms with van der Waals surface area (Å²) in [7, 11) is 0. The van der Waals surface area contributed by atoms with Gasteiger partial charge in [-0.1, -0.05) is 32.0 Å². The van der Waals surface area contributed by atoms with Crippen LogP contribution in [0.3, 0.4) is 0 Å². The van der Waals surface area contributed by atoms with Crippen molar-refractivity contribution in [3.63, 3.8) is 0 Å². The lowest BCUT2D eigenvalue weighted by molar-refractivity contribution is -0.136. The molecule has 0 bridgehead atoms. The summed E-state index contributed by atoms with van der Waals surface area (Å²) in [6.07, 6.45) is 0. The third kappa shape index (κ3) is 4.86. The molecule has 3 rings (SSSR count). The molecule has 0 aliphatic rings. The Labute approximate surface area is 173 Å². The number of hydrogen-bond donors (Lipinski definition) is 1. The average Bonchev–Trinajstić information content (AvgIpc) is 2.72. The molecule has 1 N–H and O–H groups in total. The first kappa shape index (κ1) is 21.1. The molecule has 156 valence electrons. The summed E-state index contributed by atoms with van der Waals surface area (Å²) in [5, 5.41) is 3.10. The highest BCUT2D eigenvalue weighted by Gasteiger charge is 2.15. The number of hydrogen-bond acceptors (Lipinski definition) is 6. The predicted octanol–water partition coefficient (Wildman–Crippen LogP) is 3.65. The van der Waals surface area contributed by atoms with Crippen molar-refractivity contribution in [1.82, 2.24) is 5.32 Å². The van der Waals surface area contributed by atoms with Gasteiger partial charge in [-0.15, -0.1) is 0 Å². The SMILES string of the molecule is CCNC(=O)c1cc2ccc(OC(=O)COc3ccccc3C(C)C)cc2oc1=O. The van der Waals surface area contributed by atoms with Gasteiger partial charge in [0.2, 0.25) is 0 Å². The molecule has 0 aliphatic heterocycles. The van der Waals surface area contributed by atoms with Crippen molar-refractivity contribution in [2.24, 2.45) is 0 Å². The topological polar surface area (TPSA) is 94.8 Å². The molecule has 0 saturated carbocycles. The Morgan fingerprint density at radius 2 is 1.87 bits per heavy atom. The quantitative estimate of drug-likeness (QED) is 0.364. The largest absolute Gasteiger partial charge is 0.482 e. The van der Waals surface area contributed by atoms with Gasteiger partial charge in [-0.2, -0.15) is 0 Å². The number of amides is 1. The Kier molecular flexibility index (Phi) is 6.51. The van der Waals surface area contributed by atoms with Crippen LogP contribution in [0.1, 0.15) is 42.6 Å². The van der Waals surface area contributed by atoms with Crippen LogP contribution in [0, 0.1) is 0 Å². The fourth-order valence-electron chi connectivity index (χ4n) is 2.96. The number of benzene rings is 2. The minimum Gasteiger partial charge on any atom is -0.482 e. The molecule has 0 radical (unpaired) electrons. The van der Waals surface area contributed by atoms with Crippen molar-refractivity contribution in [3.8, 4) is 11.5 Å². The Hall–Kier alpha value is -3.61. The summed E-state index contributed by atoms with van der Waals surface area (Å²) in [5.41, 5.74) is 0.377. The first-order valence-corrected chi connectivity index (χ1v) is 9.67. The van der Waals surface area contributed by atoms with Crippen LogP contribution in [0.25, 0.3) is 11.0 Å². The minimum absolute atomic E-state index is 0.0775. The average molecular weight is 409 g/mol. The van der Waals surface area contributed by atoms with Crippen molar-refractivity contribution in [1.29, 1.82) is 0 Å². The fraction of sp³-hybridized carbons (Fsp3) is 0.261. The van der Waals surface area contributed by atoms with Crippen molar-refractivity contribution >= 4 is 22.8 Å². The summed E-state index contributed by atoms with van der Waals surface area (Å²) in [4.78, 5) is 36.2. The molecule has 0 spiro atoms. The standard InChI is InChI=1S/C23H23NO6/c1-4-24-22(26)18-11-15-9-10-16(12-20(15)30-23(18)27)29-21(25)13-28-19-8-6-5-7-17(19)14(2)3/h5-12,14H,4,13H2,1-3H3,(H,24,26). The maximum Gasteiger partial charge on any atom is 0.349 e. The molecule has 7 nitrogen and oxygen atoms in total. The van der Waals surface area contributed by atoms with Crippen LogP contribution in [0.5, 0.6) is 11.5 Å². The zero-order valence-electron chi connectivity index (χ0n) is 17.1. The first-order valence-electron chi connectivity index (χ1n) is 9.67. The number of ether oxygens (including phenoxy) is 2. The van der Waals surface area contributed by atoms with Gasteiger partial charge in [-0.25, -0.2) is 9.59 Å². The lowest BCUT2D eigenvalue weighted by Gasteiger charge is -2.13. The number of nitrogens with one attached hydrogen (secondary N) is 1. The Bertz CT molecular complexity index is 1130. The smallest absolute Gasteiger partial charge is 0.349 e. The monoisotopic (exact) mass is 409 g/mol. The molecule has 30 heavy (non-hydrogen) atoms. The van der Waals surface area contributed by atoms with E-state index < -0.39 is 17.5 Å². The fourth-order valence-corrected chi connectivity index (χ4v) is 2.96. The van der Waals surface area contributed by atoms with Crippen LogP contribution in [0.2, 0.25) is 0 Å². The van der Waals surface area contributed by atoms with Crippen LogP contribution in [0.15, 0.2) is 57.7 Å². The number of para-hydroxylation sites is 1. The molecule has 0 saturated heterocycles. The van der Waals surface area contributed by atoms with Crippen LogP contribution < -0.4 is 20.4 Å². The van der Waals surface area contributed by atoms with Crippen LogP contribution in [-0.2, 0) is 4.79 Å². The van der Waals surface area contributed by atoms with Crippen LogP contribution >= 0.6 is 0 Å². The highest BCUT2D eigenvalue weighted by Crippen LogP contribution is 2.26. The van der Waals surface area contributed by atoms with E-state index in [0.717, 1.165) is 5.56 Å².